The fourth-order valence-electron chi connectivity index (χ4n) is 2.25. The predicted molar refractivity (Wildman–Crippen MR) is 103 cm³/mol. The average Bonchev–Trinajstić information content (AvgIpc) is 2.64. The van der Waals surface area contributed by atoms with Crippen molar-refractivity contribution in [2.45, 2.75) is 26.1 Å². The molecule has 0 aliphatic rings. The summed E-state index contributed by atoms with van der Waals surface area (Å²) in [4.78, 5) is 10.4. The van der Waals surface area contributed by atoms with Gasteiger partial charge in [-0.2, -0.15) is 13.2 Å². The number of likely N-dealkylation sites (N-methyl/N-ethyl adjacent to an activating group) is 1. The fraction of sp³-hybridized carbons (Fsp3) is 0.667. The highest BCUT2D eigenvalue weighted by Crippen LogP contribution is 2.17. The second-order valence-electron chi connectivity index (χ2n) is 6.18. The molecule has 0 bridgehead atoms. The van der Waals surface area contributed by atoms with E-state index in [2.05, 4.69) is 30.2 Å². The molecule has 0 atom stereocenters. The van der Waals surface area contributed by atoms with Gasteiger partial charge in [-0.3, -0.25) is 0 Å². The summed E-state index contributed by atoms with van der Waals surface area (Å²) in [7, 11) is 3.73. The first-order valence-corrected chi connectivity index (χ1v) is 9.18. The van der Waals surface area contributed by atoms with E-state index in [1.54, 1.807) is 13.2 Å². The maximum atomic E-state index is 12.2. The number of guanidine groups is 1. The number of methoxy groups -OCH3 is 1. The molecule has 0 amide bonds. The van der Waals surface area contributed by atoms with Crippen molar-refractivity contribution in [3.63, 3.8) is 0 Å². The average molecular weight is 405 g/mol. The van der Waals surface area contributed by atoms with Crippen molar-refractivity contribution in [2.24, 2.45) is 4.99 Å². The molecule has 10 heteroatoms. The zero-order valence-electron chi connectivity index (χ0n) is 16.7. The molecule has 1 aromatic rings. The maximum absolute atomic E-state index is 12.2. The van der Waals surface area contributed by atoms with Gasteiger partial charge in [-0.15, -0.1) is 0 Å². The van der Waals surface area contributed by atoms with E-state index in [-0.39, 0.29) is 5.88 Å². The lowest BCUT2D eigenvalue weighted by Crippen LogP contribution is -2.41. The van der Waals surface area contributed by atoms with Gasteiger partial charge in [-0.25, -0.2) is 9.98 Å². The number of nitrogens with one attached hydrogen (secondary N) is 2. The smallest absolute Gasteiger partial charge is 0.422 e. The summed E-state index contributed by atoms with van der Waals surface area (Å²) in [6, 6.07) is 3.15. The van der Waals surface area contributed by atoms with Crippen LogP contribution in [0.15, 0.2) is 23.3 Å². The molecule has 1 heterocycles. The molecule has 0 aromatic carbocycles. The molecule has 0 saturated carbocycles. The van der Waals surface area contributed by atoms with Crippen molar-refractivity contribution in [2.75, 3.05) is 53.6 Å². The Hall–Kier alpha value is -2.07. The molecular formula is C18H30F3N5O2. The van der Waals surface area contributed by atoms with Crippen LogP contribution in [-0.4, -0.2) is 75.6 Å². The Balaban J connectivity index is 2.50. The maximum Gasteiger partial charge on any atom is 0.422 e. The van der Waals surface area contributed by atoms with E-state index in [1.165, 1.54) is 12.3 Å². The van der Waals surface area contributed by atoms with Gasteiger partial charge in [0.05, 0.1) is 6.54 Å². The summed E-state index contributed by atoms with van der Waals surface area (Å²) in [5, 5.41) is 6.39. The van der Waals surface area contributed by atoms with Crippen molar-refractivity contribution in [3.8, 4) is 5.88 Å². The lowest BCUT2D eigenvalue weighted by atomic mass is 10.3. The number of nitrogens with zero attached hydrogens (tertiary/aromatic N) is 3. The number of rotatable bonds is 12. The van der Waals surface area contributed by atoms with Gasteiger partial charge < -0.3 is 25.0 Å². The summed E-state index contributed by atoms with van der Waals surface area (Å²) < 4.78 is 46.4. The molecule has 0 unspecified atom stereocenters. The van der Waals surface area contributed by atoms with Crippen LogP contribution in [0.5, 0.6) is 5.88 Å². The van der Waals surface area contributed by atoms with Crippen LogP contribution in [0.4, 0.5) is 13.2 Å². The minimum Gasteiger partial charge on any atom is -0.468 e. The van der Waals surface area contributed by atoms with Gasteiger partial charge in [0.1, 0.15) is 0 Å². The van der Waals surface area contributed by atoms with Crippen molar-refractivity contribution in [1.29, 1.82) is 0 Å². The summed E-state index contributed by atoms with van der Waals surface area (Å²) in [6.45, 7) is 4.84. The van der Waals surface area contributed by atoms with E-state index >= 15 is 0 Å². The first kappa shape index (κ1) is 24.0. The van der Waals surface area contributed by atoms with Crippen molar-refractivity contribution >= 4 is 5.96 Å². The number of aromatic nitrogens is 1. The van der Waals surface area contributed by atoms with Gasteiger partial charge in [-0.05, 0) is 32.0 Å². The van der Waals surface area contributed by atoms with Crippen LogP contribution >= 0.6 is 0 Å². The molecule has 1 aromatic heterocycles. The van der Waals surface area contributed by atoms with E-state index in [0.29, 0.717) is 31.2 Å². The van der Waals surface area contributed by atoms with E-state index < -0.39 is 12.8 Å². The van der Waals surface area contributed by atoms with Crippen LogP contribution in [0.3, 0.4) is 0 Å². The lowest BCUT2D eigenvalue weighted by molar-refractivity contribution is -0.154. The third kappa shape index (κ3) is 11.6. The van der Waals surface area contributed by atoms with E-state index in [4.69, 9.17) is 4.74 Å². The number of hydrogen-bond acceptors (Lipinski definition) is 5. The van der Waals surface area contributed by atoms with Gasteiger partial charge in [0.2, 0.25) is 5.88 Å². The molecule has 0 fully saturated rings. The Morgan fingerprint density at radius 1 is 1.29 bits per heavy atom. The molecule has 2 N–H and O–H groups in total. The Kier molecular flexibility index (Phi) is 11.3. The van der Waals surface area contributed by atoms with E-state index in [9.17, 15) is 13.2 Å². The number of hydrogen-bond donors (Lipinski definition) is 2. The number of pyridine rings is 1. The van der Waals surface area contributed by atoms with Crippen LogP contribution in [0.1, 0.15) is 18.9 Å². The Labute approximate surface area is 164 Å². The Morgan fingerprint density at radius 3 is 2.75 bits per heavy atom. The SMILES string of the molecule is CCNC(=NCc1ccnc(OCC(F)(F)F)c1)NCCN(C)CCCOC. The highest BCUT2D eigenvalue weighted by Gasteiger charge is 2.28. The molecule has 0 aliphatic heterocycles. The van der Waals surface area contributed by atoms with Gasteiger partial charge >= 0.3 is 6.18 Å². The van der Waals surface area contributed by atoms with E-state index in [1.807, 2.05) is 14.0 Å². The van der Waals surface area contributed by atoms with Crippen LogP contribution < -0.4 is 15.4 Å². The van der Waals surface area contributed by atoms with Crippen LogP contribution in [0.25, 0.3) is 0 Å². The summed E-state index contributed by atoms with van der Waals surface area (Å²) in [6.07, 6.45) is -2.01. The standard InChI is InChI=1S/C18H30F3N5O2/c1-4-22-17(24-8-10-26(2)9-5-11-27-3)25-13-15-6-7-23-16(12-15)28-14-18(19,20)21/h6-7,12H,4-5,8-11,13-14H2,1-3H3,(H2,22,24,25). The Bertz CT molecular complexity index is 585. The summed E-state index contributed by atoms with van der Waals surface area (Å²) in [5.74, 6) is 0.572. The van der Waals surface area contributed by atoms with Crippen LogP contribution in [-0.2, 0) is 11.3 Å². The highest BCUT2D eigenvalue weighted by molar-refractivity contribution is 5.79. The minimum absolute atomic E-state index is 0.0688. The first-order chi connectivity index (χ1) is 13.3. The monoisotopic (exact) mass is 405 g/mol. The topological polar surface area (TPSA) is 71.0 Å². The number of halogens is 3. The molecule has 0 saturated heterocycles. The summed E-state index contributed by atoms with van der Waals surface area (Å²) in [5.41, 5.74) is 0.709. The van der Waals surface area contributed by atoms with Crippen molar-refractivity contribution < 1.29 is 22.6 Å². The van der Waals surface area contributed by atoms with E-state index in [0.717, 1.165) is 26.1 Å². The normalized spacial score (nSPS) is 12.3. The van der Waals surface area contributed by atoms with Gasteiger partial charge in [0.25, 0.3) is 0 Å². The molecule has 0 spiro atoms. The quantitative estimate of drug-likeness (QED) is 0.315. The second kappa shape index (κ2) is 13.2. The second-order valence-corrected chi connectivity index (χ2v) is 6.18. The van der Waals surface area contributed by atoms with Gasteiger partial charge in [0, 0.05) is 52.2 Å². The number of aliphatic imine (C=N–C) groups is 1. The largest absolute Gasteiger partial charge is 0.468 e. The zero-order chi connectivity index (χ0) is 20.8. The van der Waals surface area contributed by atoms with Crippen LogP contribution in [0, 0.1) is 0 Å². The minimum atomic E-state index is -4.39. The van der Waals surface area contributed by atoms with Crippen molar-refractivity contribution in [1.82, 2.24) is 20.5 Å². The predicted octanol–water partition coefficient (Wildman–Crippen LogP) is 2.05. The summed E-state index contributed by atoms with van der Waals surface area (Å²) >= 11 is 0. The number of ether oxygens (including phenoxy) is 2. The third-order valence-corrected chi connectivity index (χ3v) is 3.62. The van der Waals surface area contributed by atoms with Crippen LogP contribution in [0.2, 0.25) is 0 Å². The number of alkyl halides is 3. The molecular weight excluding hydrogens is 375 g/mol. The van der Waals surface area contributed by atoms with Crippen molar-refractivity contribution in [3.05, 3.63) is 23.9 Å². The first-order valence-electron chi connectivity index (χ1n) is 9.18. The van der Waals surface area contributed by atoms with Gasteiger partial charge in [0.15, 0.2) is 12.6 Å². The molecule has 0 radical (unpaired) electrons. The molecule has 160 valence electrons. The lowest BCUT2D eigenvalue weighted by Gasteiger charge is -2.18. The molecule has 1 rings (SSSR count). The molecule has 7 nitrogen and oxygen atoms in total. The zero-order valence-corrected chi connectivity index (χ0v) is 16.7. The third-order valence-electron chi connectivity index (χ3n) is 3.62. The fourth-order valence-corrected chi connectivity index (χ4v) is 2.25. The van der Waals surface area contributed by atoms with Gasteiger partial charge in [-0.1, -0.05) is 0 Å². The highest BCUT2D eigenvalue weighted by atomic mass is 19.4. The molecule has 0 aliphatic carbocycles. The molecule has 28 heavy (non-hydrogen) atoms. The Morgan fingerprint density at radius 2 is 2.07 bits per heavy atom.